The fraction of sp³-hybridized carbons (Fsp3) is 0.579. The summed E-state index contributed by atoms with van der Waals surface area (Å²) in [5, 5.41) is 13.1. The van der Waals surface area contributed by atoms with Gasteiger partial charge in [0.2, 0.25) is 0 Å². The van der Waals surface area contributed by atoms with Gasteiger partial charge in [-0.2, -0.15) is 0 Å². The lowest BCUT2D eigenvalue weighted by molar-refractivity contribution is -0.141. The number of benzene rings is 1. The molecule has 6 nitrogen and oxygen atoms in total. The van der Waals surface area contributed by atoms with Gasteiger partial charge in [0, 0.05) is 0 Å². The summed E-state index contributed by atoms with van der Waals surface area (Å²) >= 11 is 0. The molecule has 0 fully saturated rings. The van der Waals surface area contributed by atoms with Gasteiger partial charge in [0.15, 0.2) is 0 Å². The van der Waals surface area contributed by atoms with E-state index in [9.17, 15) is 27.9 Å². The number of aliphatic hydroxyl groups excluding tert-OH is 1. The van der Waals surface area contributed by atoms with Gasteiger partial charge in [-0.05, 0) is 55.2 Å². The lowest BCUT2D eigenvalue weighted by Gasteiger charge is -2.27. The summed E-state index contributed by atoms with van der Waals surface area (Å²) in [4.78, 5) is 23.8. The number of amides is 1. The van der Waals surface area contributed by atoms with Gasteiger partial charge in [-0.1, -0.05) is 0 Å². The number of hydrogen-bond donors (Lipinski definition) is 2. The van der Waals surface area contributed by atoms with Crippen LogP contribution in [0.2, 0.25) is 0 Å². The molecule has 2 unspecified atom stereocenters. The van der Waals surface area contributed by atoms with Crippen LogP contribution in [0.3, 0.4) is 0 Å². The molecule has 0 aliphatic rings. The summed E-state index contributed by atoms with van der Waals surface area (Å²) < 4.78 is 49.4. The first kappa shape index (κ1) is 23.7. The maximum absolute atomic E-state index is 13.4. The zero-order chi connectivity index (χ0) is 21.5. The van der Waals surface area contributed by atoms with Crippen LogP contribution in [-0.4, -0.2) is 35.9 Å². The Morgan fingerprint density at radius 3 is 2.07 bits per heavy atom. The fourth-order valence-corrected chi connectivity index (χ4v) is 2.58. The Hall–Kier alpha value is -2.29. The molecular weight excluding hydrogens is 379 g/mol. The molecule has 0 aliphatic heterocycles. The van der Waals surface area contributed by atoms with Gasteiger partial charge in [-0.15, -0.1) is 0 Å². The molecule has 2 atom stereocenters. The van der Waals surface area contributed by atoms with Gasteiger partial charge in [0.25, 0.3) is 0 Å². The molecule has 0 saturated carbocycles. The summed E-state index contributed by atoms with van der Waals surface area (Å²) in [6.07, 6.45) is -2.94. The van der Waals surface area contributed by atoms with Gasteiger partial charge in [0.05, 0.1) is 19.6 Å². The van der Waals surface area contributed by atoms with Gasteiger partial charge in [0.1, 0.15) is 31.7 Å². The number of carbonyl (C=O) groups excluding carboxylic acids is 2. The third-order valence-corrected chi connectivity index (χ3v) is 3.91. The lowest BCUT2D eigenvalue weighted by atomic mass is 9.92. The first-order valence-corrected chi connectivity index (χ1v) is 8.63. The van der Waals surface area contributed by atoms with Crippen molar-refractivity contribution in [2.45, 2.75) is 65.0 Å². The maximum atomic E-state index is 13.4. The summed E-state index contributed by atoms with van der Waals surface area (Å²) in [5.41, 5.74) is -1.05. The Morgan fingerprint density at radius 2 is 1.61 bits per heavy atom. The molecule has 1 aromatic rings. The highest BCUT2D eigenvalue weighted by Crippen LogP contribution is 2.28. The third-order valence-electron chi connectivity index (χ3n) is 3.91. The van der Waals surface area contributed by atoms with E-state index in [2.05, 4.69) is 10.1 Å². The molecule has 0 heterocycles. The SMILES string of the molecule is COC(=O)CC(NC(=O)OC(C)(C)C)C(O)c1cc(CF)c(CF)cc1CF. The number of hydrogen-bond acceptors (Lipinski definition) is 5. The van der Waals surface area contributed by atoms with Gasteiger partial charge >= 0.3 is 12.1 Å². The van der Waals surface area contributed by atoms with Crippen molar-refractivity contribution in [2.24, 2.45) is 0 Å². The van der Waals surface area contributed by atoms with Crippen LogP contribution >= 0.6 is 0 Å². The predicted octanol–water partition coefficient (Wildman–Crippen LogP) is 3.58. The summed E-state index contributed by atoms with van der Waals surface area (Å²) in [6, 6.07) is 1.02. The highest BCUT2D eigenvalue weighted by Gasteiger charge is 2.30. The van der Waals surface area contributed by atoms with Crippen molar-refractivity contribution in [1.29, 1.82) is 0 Å². The summed E-state index contributed by atoms with van der Waals surface area (Å²) in [7, 11) is 1.13. The van der Waals surface area contributed by atoms with E-state index in [0.717, 1.165) is 19.2 Å². The number of ether oxygens (including phenoxy) is 2. The second-order valence-corrected chi connectivity index (χ2v) is 7.20. The van der Waals surface area contributed by atoms with E-state index in [1.165, 1.54) is 0 Å². The second kappa shape index (κ2) is 10.3. The highest BCUT2D eigenvalue weighted by molar-refractivity contribution is 5.73. The average molecular weight is 405 g/mol. The van der Waals surface area contributed by atoms with Crippen molar-refractivity contribution in [2.75, 3.05) is 7.11 Å². The number of aliphatic hydroxyl groups is 1. The van der Waals surface area contributed by atoms with Crippen molar-refractivity contribution in [3.63, 3.8) is 0 Å². The summed E-state index contributed by atoms with van der Waals surface area (Å²) in [6.45, 7) is 1.81. The van der Waals surface area contributed by atoms with E-state index in [1.807, 2.05) is 0 Å². The van der Waals surface area contributed by atoms with E-state index < -0.39 is 56.3 Å². The molecule has 2 N–H and O–H groups in total. The number of rotatable bonds is 8. The molecule has 0 aliphatic carbocycles. The van der Waals surface area contributed by atoms with E-state index in [0.29, 0.717) is 0 Å². The molecule has 9 heteroatoms. The van der Waals surface area contributed by atoms with Crippen molar-refractivity contribution < 1.29 is 37.3 Å². The maximum Gasteiger partial charge on any atom is 0.407 e. The Labute approximate surface area is 162 Å². The molecule has 0 aromatic heterocycles. The van der Waals surface area contributed by atoms with Crippen molar-refractivity contribution in [1.82, 2.24) is 5.32 Å². The molecule has 0 saturated heterocycles. The van der Waals surface area contributed by atoms with Gasteiger partial charge < -0.3 is 19.9 Å². The Morgan fingerprint density at radius 1 is 1.07 bits per heavy atom. The Balaban J connectivity index is 3.25. The highest BCUT2D eigenvalue weighted by atomic mass is 19.1. The number of alkyl carbamates (subject to hydrolysis) is 1. The third kappa shape index (κ3) is 6.70. The van der Waals surface area contributed by atoms with Crippen LogP contribution in [-0.2, 0) is 34.3 Å². The molecule has 28 heavy (non-hydrogen) atoms. The molecule has 0 bridgehead atoms. The molecule has 1 amide bonds. The number of alkyl halides is 3. The normalized spacial score (nSPS) is 13.6. The van der Waals surface area contributed by atoms with Crippen LogP contribution in [0.5, 0.6) is 0 Å². The fourth-order valence-electron chi connectivity index (χ4n) is 2.58. The van der Waals surface area contributed by atoms with Crippen molar-refractivity contribution in [3.05, 3.63) is 34.4 Å². The minimum absolute atomic E-state index is 0.0317. The number of halogens is 3. The number of nitrogens with one attached hydrogen (secondary N) is 1. The Kier molecular flexibility index (Phi) is 8.74. The van der Waals surface area contributed by atoms with E-state index in [1.54, 1.807) is 20.8 Å². The Bertz CT molecular complexity index is 691. The second-order valence-electron chi connectivity index (χ2n) is 7.20. The van der Waals surface area contributed by atoms with Gasteiger partial charge in [-0.3, -0.25) is 4.79 Å². The quantitative estimate of drug-likeness (QED) is 0.646. The monoisotopic (exact) mass is 405 g/mol. The number of esters is 1. The topological polar surface area (TPSA) is 84.9 Å². The van der Waals surface area contributed by atoms with Crippen LogP contribution in [0.15, 0.2) is 12.1 Å². The molecule has 1 aromatic carbocycles. The first-order valence-electron chi connectivity index (χ1n) is 8.63. The standard InChI is InChI=1S/C19H26F3NO5/c1-19(2,3)28-18(26)23-15(7-16(24)27-4)17(25)14-6-12(9-21)11(8-20)5-13(14)10-22/h5-6,15,17,25H,7-10H2,1-4H3,(H,23,26). The van der Waals surface area contributed by atoms with Crippen LogP contribution in [0.4, 0.5) is 18.0 Å². The van der Waals surface area contributed by atoms with E-state index in [4.69, 9.17) is 4.74 Å². The number of carbonyl (C=O) groups is 2. The minimum Gasteiger partial charge on any atom is -0.469 e. The molecular formula is C19H26F3NO5. The van der Waals surface area contributed by atoms with E-state index >= 15 is 0 Å². The predicted molar refractivity (Wildman–Crippen MR) is 95.6 cm³/mol. The largest absolute Gasteiger partial charge is 0.469 e. The van der Waals surface area contributed by atoms with Crippen LogP contribution in [0.1, 0.15) is 55.5 Å². The zero-order valence-corrected chi connectivity index (χ0v) is 16.4. The van der Waals surface area contributed by atoms with Crippen LogP contribution < -0.4 is 5.32 Å². The molecule has 0 spiro atoms. The first-order chi connectivity index (χ1) is 13.1. The van der Waals surface area contributed by atoms with Crippen LogP contribution in [0, 0.1) is 0 Å². The van der Waals surface area contributed by atoms with Gasteiger partial charge in [-0.25, -0.2) is 18.0 Å². The lowest BCUT2D eigenvalue weighted by Crippen LogP contribution is -2.43. The molecule has 158 valence electrons. The minimum atomic E-state index is -1.59. The molecule has 1 rings (SSSR count). The molecule has 0 radical (unpaired) electrons. The number of methoxy groups -OCH3 is 1. The smallest absolute Gasteiger partial charge is 0.407 e. The average Bonchev–Trinajstić information content (AvgIpc) is 2.63. The van der Waals surface area contributed by atoms with Crippen LogP contribution in [0.25, 0.3) is 0 Å². The zero-order valence-electron chi connectivity index (χ0n) is 16.4. The summed E-state index contributed by atoms with van der Waals surface area (Å²) in [5.74, 6) is -0.743. The van der Waals surface area contributed by atoms with Crippen molar-refractivity contribution >= 4 is 12.1 Å². The van der Waals surface area contributed by atoms with Crippen molar-refractivity contribution in [3.8, 4) is 0 Å². The van der Waals surface area contributed by atoms with E-state index in [-0.39, 0.29) is 22.3 Å².